The molecule has 22 heavy (non-hydrogen) atoms. The van der Waals surface area contributed by atoms with Crippen LogP contribution in [-0.2, 0) is 12.0 Å². The summed E-state index contributed by atoms with van der Waals surface area (Å²) in [6.07, 6.45) is 0. The van der Waals surface area contributed by atoms with E-state index >= 15 is 0 Å². The summed E-state index contributed by atoms with van der Waals surface area (Å²) in [5.41, 5.74) is 11.5. The van der Waals surface area contributed by atoms with Gasteiger partial charge in [0.1, 0.15) is 0 Å². The average molecular weight is 334 g/mol. The number of hydrogen-bond acceptors (Lipinski definition) is 3. The van der Waals surface area contributed by atoms with Gasteiger partial charge >= 0.3 is 0 Å². The molecular formula is C17H20ClN3S. The second kappa shape index (κ2) is 5.37. The molecule has 3 rings (SSSR count). The third-order valence-electron chi connectivity index (χ3n) is 3.85. The van der Waals surface area contributed by atoms with E-state index in [1.54, 1.807) is 11.3 Å². The van der Waals surface area contributed by atoms with Crippen LogP contribution in [0.15, 0.2) is 23.6 Å². The molecule has 5 heteroatoms. The zero-order valence-electron chi connectivity index (χ0n) is 13.3. The number of nitrogens with two attached hydrogens (primary N) is 1. The first kappa shape index (κ1) is 15.5. The lowest BCUT2D eigenvalue weighted by atomic mass is 9.93. The van der Waals surface area contributed by atoms with Crippen molar-refractivity contribution >= 4 is 27.9 Å². The summed E-state index contributed by atoms with van der Waals surface area (Å²) >= 11 is 7.80. The predicted octanol–water partition coefficient (Wildman–Crippen LogP) is 4.78. The van der Waals surface area contributed by atoms with Crippen molar-refractivity contribution in [2.75, 3.05) is 0 Å². The van der Waals surface area contributed by atoms with E-state index in [0.29, 0.717) is 6.54 Å². The van der Waals surface area contributed by atoms with Gasteiger partial charge in [-0.2, -0.15) is 0 Å². The van der Waals surface area contributed by atoms with E-state index in [2.05, 4.69) is 36.6 Å². The Bertz CT molecular complexity index is 840. The zero-order valence-corrected chi connectivity index (χ0v) is 14.8. The molecule has 0 aliphatic rings. The van der Waals surface area contributed by atoms with Gasteiger partial charge in [0.15, 0.2) is 4.96 Å². The van der Waals surface area contributed by atoms with Crippen LogP contribution in [0.5, 0.6) is 0 Å². The van der Waals surface area contributed by atoms with Crippen molar-refractivity contribution in [3.63, 3.8) is 0 Å². The molecule has 1 aromatic carbocycles. The predicted molar refractivity (Wildman–Crippen MR) is 94.8 cm³/mol. The van der Waals surface area contributed by atoms with Gasteiger partial charge in [0.25, 0.3) is 0 Å². The Morgan fingerprint density at radius 1 is 1.32 bits per heavy atom. The molecule has 2 N–H and O–H groups in total. The molecule has 0 aliphatic carbocycles. The SMILES string of the molecule is Cc1cc(-c2nc3scc(C(C)(C)C)n3c2CN)ccc1Cl. The van der Waals surface area contributed by atoms with Gasteiger partial charge in [0.2, 0.25) is 0 Å². The Kier molecular flexibility index (Phi) is 3.79. The van der Waals surface area contributed by atoms with Crippen LogP contribution in [-0.4, -0.2) is 9.38 Å². The average Bonchev–Trinajstić information content (AvgIpc) is 2.99. The first-order valence-electron chi connectivity index (χ1n) is 7.29. The van der Waals surface area contributed by atoms with Crippen molar-refractivity contribution in [1.82, 2.24) is 9.38 Å². The fourth-order valence-corrected chi connectivity index (χ4v) is 3.90. The molecule has 0 amide bonds. The molecule has 3 nitrogen and oxygen atoms in total. The van der Waals surface area contributed by atoms with Gasteiger partial charge in [-0.25, -0.2) is 4.98 Å². The summed E-state index contributed by atoms with van der Waals surface area (Å²) in [6.45, 7) is 9.09. The minimum atomic E-state index is 0.0516. The van der Waals surface area contributed by atoms with Crippen LogP contribution in [0.1, 0.15) is 37.7 Å². The van der Waals surface area contributed by atoms with Gasteiger partial charge in [-0.1, -0.05) is 38.4 Å². The normalized spacial score (nSPS) is 12.3. The maximum Gasteiger partial charge on any atom is 0.194 e. The van der Waals surface area contributed by atoms with Gasteiger partial charge in [0, 0.05) is 33.6 Å². The lowest BCUT2D eigenvalue weighted by Crippen LogP contribution is -2.16. The first-order valence-corrected chi connectivity index (χ1v) is 8.54. The highest BCUT2D eigenvalue weighted by Gasteiger charge is 2.23. The van der Waals surface area contributed by atoms with Crippen molar-refractivity contribution in [2.45, 2.75) is 39.7 Å². The van der Waals surface area contributed by atoms with Crippen molar-refractivity contribution in [2.24, 2.45) is 5.73 Å². The Balaban J connectivity index is 2.27. The van der Waals surface area contributed by atoms with Crippen LogP contribution in [0.25, 0.3) is 16.2 Å². The third kappa shape index (κ3) is 2.45. The molecule has 2 heterocycles. The van der Waals surface area contributed by atoms with Crippen LogP contribution < -0.4 is 5.73 Å². The Labute approximate surface area is 139 Å². The molecule has 0 atom stereocenters. The van der Waals surface area contributed by atoms with Gasteiger partial charge < -0.3 is 5.73 Å². The molecule has 0 radical (unpaired) electrons. The van der Waals surface area contributed by atoms with E-state index in [1.807, 2.05) is 19.1 Å². The number of halogens is 1. The fraction of sp³-hybridized carbons (Fsp3) is 0.353. The number of aryl methyl sites for hydroxylation is 1. The van der Waals surface area contributed by atoms with E-state index in [0.717, 1.165) is 32.5 Å². The summed E-state index contributed by atoms with van der Waals surface area (Å²) < 4.78 is 2.21. The maximum atomic E-state index is 6.14. The number of fused-ring (bicyclic) bond motifs is 1. The number of thiazole rings is 1. The van der Waals surface area contributed by atoms with Crippen LogP contribution in [0.2, 0.25) is 5.02 Å². The number of benzene rings is 1. The molecule has 3 aromatic rings. The van der Waals surface area contributed by atoms with Gasteiger partial charge in [-0.05, 0) is 24.6 Å². The summed E-state index contributed by atoms with van der Waals surface area (Å²) in [5, 5.41) is 2.95. The van der Waals surface area contributed by atoms with Crippen molar-refractivity contribution in [3.8, 4) is 11.3 Å². The topological polar surface area (TPSA) is 43.3 Å². The lowest BCUT2D eigenvalue weighted by molar-refractivity contribution is 0.561. The lowest BCUT2D eigenvalue weighted by Gasteiger charge is -2.18. The zero-order chi connectivity index (χ0) is 16.1. The molecule has 0 saturated carbocycles. The standard InChI is InChI=1S/C17H20ClN3S/c1-10-7-11(5-6-12(10)18)15-13(8-19)21-14(17(2,3)4)9-22-16(21)20-15/h5-7,9H,8,19H2,1-4H3. The van der Waals surface area contributed by atoms with Crippen molar-refractivity contribution in [1.29, 1.82) is 0 Å². The summed E-state index contributed by atoms with van der Waals surface area (Å²) in [4.78, 5) is 5.81. The highest BCUT2D eigenvalue weighted by Crippen LogP contribution is 2.34. The van der Waals surface area contributed by atoms with Gasteiger partial charge in [-0.3, -0.25) is 4.40 Å². The Morgan fingerprint density at radius 2 is 2.05 bits per heavy atom. The van der Waals surface area contributed by atoms with Crippen LogP contribution in [0, 0.1) is 6.92 Å². The number of aromatic nitrogens is 2. The number of rotatable bonds is 2. The van der Waals surface area contributed by atoms with E-state index in [9.17, 15) is 0 Å². The number of imidazole rings is 1. The molecule has 0 unspecified atom stereocenters. The Morgan fingerprint density at radius 3 is 2.64 bits per heavy atom. The van der Waals surface area contributed by atoms with E-state index in [4.69, 9.17) is 22.3 Å². The van der Waals surface area contributed by atoms with Crippen molar-refractivity contribution < 1.29 is 0 Å². The first-order chi connectivity index (χ1) is 10.3. The van der Waals surface area contributed by atoms with Crippen LogP contribution in [0.4, 0.5) is 0 Å². The summed E-state index contributed by atoms with van der Waals surface area (Å²) in [7, 11) is 0. The monoisotopic (exact) mass is 333 g/mol. The largest absolute Gasteiger partial charge is 0.325 e. The quantitative estimate of drug-likeness (QED) is 0.733. The van der Waals surface area contributed by atoms with Crippen LogP contribution in [0.3, 0.4) is 0 Å². The van der Waals surface area contributed by atoms with E-state index in [1.165, 1.54) is 5.69 Å². The van der Waals surface area contributed by atoms with Crippen LogP contribution >= 0.6 is 22.9 Å². The number of nitrogens with zero attached hydrogens (tertiary/aromatic N) is 2. The van der Waals surface area contributed by atoms with E-state index in [-0.39, 0.29) is 5.41 Å². The summed E-state index contributed by atoms with van der Waals surface area (Å²) in [5.74, 6) is 0. The molecule has 0 bridgehead atoms. The highest BCUT2D eigenvalue weighted by molar-refractivity contribution is 7.15. The second-order valence-electron chi connectivity index (χ2n) is 6.56. The molecule has 116 valence electrons. The van der Waals surface area contributed by atoms with E-state index < -0.39 is 0 Å². The molecule has 0 spiro atoms. The summed E-state index contributed by atoms with van der Waals surface area (Å²) in [6, 6.07) is 6.01. The third-order valence-corrected chi connectivity index (χ3v) is 5.10. The van der Waals surface area contributed by atoms with Gasteiger partial charge in [0.05, 0.1) is 11.4 Å². The minimum Gasteiger partial charge on any atom is -0.325 e. The molecule has 2 aromatic heterocycles. The van der Waals surface area contributed by atoms with Crippen molar-refractivity contribution in [3.05, 3.63) is 45.6 Å². The smallest absolute Gasteiger partial charge is 0.194 e. The molecular weight excluding hydrogens is 314 g/mol. The number of hydrogen-bond donors (Lipinski definition) is 1. The molecule has 0 aliphatic heterocycles. The molecule has 0 saturated heterocycles. The minimum absolute atomic E-state index is 0.0516. The Hall–Kier alpha value is -1.36. The fourth-order valence-electron chi connectivity index (χ4n) is 2.64. The second-order valence-corrected chi connectivity index (χ2v) is 7.81. The maximum absolute atomic E-state index is 6.14. The van der Waals surface area contributed by atoms with Gasteiger partial charge in [-0.15, -0.1) is 11.3 Å². The molecule has 0 fully saturated rings. The highest BCUT2D eigenvalue weighted by atomic mass is 35.5.